The number of carboxylic acid groups (broad SMARTS) is 1. The number of carbonyl (C=O) groups is 1. The van der Waals surface area contributed by atoms with Crippen LogP contribution in [-0.2, 0) is 0 Å². The van der Waals surface area contributed by atoms with Crippen LogP contribution in [0.1, 0.15) is 15.9 Å². The van der Waals surface area contributed by atoms with E-state index >= 15 is 0 Å². The van der Waals surface area contributed by atoms with E-state index < -0.39 is 5.97 Å². The second kappa shape index (κ2) is 5.54. The smallest absolute Gasteiger partial charge is 0.338 e. The molecule has 0 bridgehead atoms. The van der Waals surface area contributed by atoms with Crippen molar-refractivity contribution in [2.45, 2.75) is 16.3 Å². The third-order valence-corrected chi connectivity index (χ3v) is 4.45. The molecule has 0 aliphatic carbocycles. The predicted octanol–water partition coefficient (Wildman–Crippen LogP) is 2.16. The molecular weight excluding hydrogens is 284 g/mol. The minimum atomic E-state index is -0.981. The molecule has 19 heavy (non-hydrogen) atoms. The van der Waals surface area contributed by atoms with Crippen LogP contribution in [-0.4, -0.2) is 40.4 Å². The first kappa shape index (κ1) is 13.8. The van der Waals surface area contributed by atoms with Gasteiger partial charge in [0.15, 0.2) is 4.34 Å². The van der Waals surface area contributed by atoms with Crippen molar-refractivity contribution in [3.63, 3.8) is 0 Å². The highest BCUT2D eigenvalue weighted by molar-refractivity contribution is 8.01. The van der Waals surface area contributed by atoms with Crippen LogP contribution < -0.4 is 4.90 Å². The van der Waals surface area contributed by atoms with Gasteiger partial charge in [-0.1, -0.05) is 11.3 Å². The number of carboxylic acids is 1. The lowest BCUT2D eigenvalue weighted by Gasteiger charge is -2.05. The molecule has 8 heteroatoms. The van der Waals surface area contributed by atoms with Gasteiger partial charge >= 0.3 is 5.97 Å². The van der Waals surface area contributed by atoms with Gasteiger partial charge in [-0.25, -0.2) is 9.78 Å². The van der Waals surface area contributed by atoms with Crippen molar-refractivity contribution in [3.05, 3.63) is 23.4 Å². The summed E-state index contributed by atoms with van der Waals surface area (Å²) in [6.07, 6.45) is 1.60. The van der Waals surface area contributed by atoms with E-state index in [1.807, 2.05) is 19.0 Å². The van der Waals surface area contributed by atoms with E-state index in [9.17, 15) is 9.90 Å². The number of aromatic nitrogens is 3. The molecule has 0 atom stereocenters. The zero-order chi connectivity index (χ0) is 14.0. The molecule has 0 aliphatic rings. The lowest BCUT2D eigenvalue weighted by molar-refractivity contribution is 0.0691. The minimum absolute atomic E-state index is 0.217. The molecule has 2 aromatic heterocycles. The van der Waals surface area contributed by atoms with Gasteiger partial charge in [0.2, 0.25) is 5.13 Å². The van der Waals surface area contributed by atoms with Crippen molar-refractivity contribution in [1.82, 2.24) is 15.2 Å². The van der Waals surface area contributed by atoms with Gasteiger partial charge in [0.25, 0.3) is 0 Å². The van der Waals surface area contributed by atoms with E-state index in [-0.39, 0.29) is 5.56 Å². The Hall–Kier alpha value is -1.67. The van der Waals surface area contributed by atoms with Gasteiger partial charge in [-0.3, -0.25) is 0 Å². The molecule has 2 aromatic rings. The van der Waals surface area contributed by atoms with Crippen LogP contribution in [0.25, 0.3) is 0 Å². The highest BCUT2D eigenvalue weighted by Gasteiger charge is 2.17. The van der Waals surface area contributed by atoms with Crippen LogP contribution in [0.4, 0.5) is 5.13 Å². The molecule has 0 aromatic carbocycles. The van der Waals surface area contributed by atoms with E-state index in [1.54, 1.807) is 19.2 Å². The zero-order valence-electron chi connectivity index (χ0n) is 10.6. The molecular formula is C11H12N4O2S2. The molecule has 6 nitrogen and oxygen atoms in total. The van der Waals surface area contributed by atoms with Crippen molar-refractivity contribution in [3.8, 4) is 0 Å². The highest BCUT2D eigenvalue weighted by Crippen LogP contribution is 2.34. The van der Waals surface area contributed by atoms with E-state index in [2.05, 4.69) is 15.2 Å². The molecule has 0 fully saturated rings. The summed E-state index contributed by atoms with van der Waals surface area (Å²) < 4.78 is 0.671. The van der Waals surface area contributed by atoms with Gasteiger partial charge in [0.1, 0.15) is 5.03 Å². The largest absolute Gasteiger partial charge is 0.478 e. The van der Waals surface area contributed by atoms with Gasteiger partial charge < -0.3 is 10.0 Å². The number of hydrogen-bond acceptors (Lipinski definition) is 7. The van der Waals surface area contributed by atoms with Gasteiger partial charge in [-0.05, 0) is 30.3 Å². The van der Waals surface area contributed by atoms with Crippen LogP contribution in [0.2, 0.25) is 0 Å². The van der Waals surface area contributed by atoms with E-state index in [4.69, 9.17) is 0 Å². The number of nitrogens with zero attached hydrogens (tertiary/aromatic N) is 4. The molecule has 0 spiro atoms. The van der Waals surface area contributed by atoms with Gasteiger partial charge in [-0.15, -0.1) is 10.2 Å². The van der Waals surface area contributed by atoms with Crippen LogP contribution >= 0.6 is 23.1 Å². The van der Waals surface area contributed by atoms with Crippen LogP contribution in [0.5, 0.6) is 0 Å². The summed E-state index contributed by atoms with van der Waals surface area (Å²) in [6.45, 7) is 1.75. The third-order valence-electron chi connectivity index (χ3n) is 2.30. The normalized spacial score (nSPS) is 10.5. The minimum Gasteiger partial charge on any atom is -0.478 e. The Bertz CT molecular complexity index is 612. The van der Waals surface area contributed by atoms with Crippen LogP contribution in [0.15, 0.2) is 21.6 Å². The molecule has 2 heterocycles. The number of pyridine rings is 1. The molecule has 1 N–H and O–H groups in total. The summed E-state index contributed by atoms with van der Waals surface area (Å²) in [6, 6.07) is 1.68. The topological polar surface area (TPSA) is 79.2 Å². The van der Waals surface area contributed by atoms with E-state index in [0.717, 1.165) is 5.13 Å². The standard InChI is InChI=1S/C11H12N4O2S2/c1-6-4-5-12-8(7(6)9(16)17)18-11-14-13-10(19-11)15(2)3/h4-5H,1-3H3,(H,16,17). The zero-order valence-corrected chi connectivity index (χ0v) is 12.2. The van der Waals surface area contributed by atoms with Crippen LogP contribution in [0.3, 0.4) is 0 Å². The van der Waals surface area contributed by atoms with E-state index in [0.29, 0.717) is 14.9 Å². The molecule has 0 saturated heterocycles. The third kappa shape index (κ3) is 3.02. The monoisotopic (exact) mass is 296 g/mol. The fraction of sp³-hybridized carbons (Fsp3) is 0.273. The fourth-order valence-corrected chi connectivity index (χ4v) is 3.22. The number of anilines is 1. The number of hydrogen-bond donors (Lipinski definition) is 1. The summed E-state index contributed by atoms with van der Waals surface area (Å²) in [7, 11) is 3.76. The summed E-state index contributed by atoms with van der Waals surface area (Å²) in [5.74, 6) is -0.981. The Morgan fingerprint density at radius 1 is 1.42 bits per heavy atom. The summed E-state index contributed by atoms with van der Waals surface area (Å²) in [5.41, 5.74) is 0.899. The Balaban J connectivity index is 2.32. The summed E-state index contributed by atoms with van der Waals surface area (Å²) in [5, 5.41) is 18.5. The molecule has 2 rings (SSSR count). The van der Waals surface area contributed by atoms with Gasteiger partial charge in [-0.2, -0.15) is 0 Å². The first-order valence-electron chi connectivity index (χ1n) is 5.36. The fourth-order valence-electron chi connectivity index (χ4n) is 1.38. The maximum absolute atomic E-state index is 11.3. The van der Waals surface area contributed by atoms with Gasteiger partial charge in [0.05, 0.1) is 5.56 Å². The Kier molecular flexibility index (Phi) is 4.01. The van der Waals surface area contributed by atoms with Gasteiger partial charge in [0, 0.05) is 20.3 Å². The SMILES string of the molecule is Cc1ccnc(Sc2nnc(N(C)C)s2)c1C(=O)O. The lowest BCUT2D eigenvalue weighted by atomic mass is 10.2. The summed E-state index contributed by atoms with van der Waals surface area (Å²) >= 11 is 2.62. The first-order valence-corrected chi connectivity index (χ1v) is 7.00. The van der Waals surface area contributed by atoms with Crippen molar-refractivity contribution >= 4 is 34.2 Å². The second-order valence-corrected chi connectivity index (χ2v) is 6.15. The molecule has 0 aliphatic heterocycles. The molecule has 0 unspecified atom stereocenters. The number of rotatable bonds is 4. The Morgan fingerprint density at radius 2 is 2.16 bits per heavy atom. The maximum atomic E-state index is 11.3. The molecule has 0 saturated carbocycles. The maximum Gasteiger partial charge on any atom is 0.338 e. The Labute approximate surface area is 118 Å². The van der Waals surface area contributed by atoms with Crippen molar-refractivity contribution < 1.29 is 9.90 Å². The van der Waals surface area contributed by atoms with Crippen molar-refractivity contribution in [1.29, 1.82) is 0 Å². The average Bonchev–Trinajstić information content (AvgIpc) is 2.77. The second-order valence-electron chi connectivity index (χ2n) is 3.96. The number of aryl methyl sites for hydroxylation is 1. The quantitative estimate of drug-likeness (QED) is 0.926. The summed E-state index contributed by atoms with van der Waals surface area (Å²) in [4.78, 5) is 17.2. The number of aromatic carboxylic acids is 1. The van der Waals surface area contributed by atoms with Crippen molar-refractivity contribution in [2.24, 2.45) is 0 Å². The molecule has 0 radical (unpaired) electrons. The highest BCUT2D eigenvalue weighted by atomic mass is 32.2. The van der Waals surface area contributed by atoms with Crippen LogP contribution in [0, 0.1) is 6.92 Å². The predicted molar refractivity (Wildman–Crippen MR) is 74.3 cm³/mol. The lowest BCUT2D eigenvalue weighted by Crippen LogP contribution is -2.07. The average molecular weight is 296 g/mol. The Morgan fingerprint density at radius 3 is 2.74 bits per heavy atom. The first-order chi connectivity index (χ1) is 8.99. The molecule has 100 valence electrons. The van der Waals surface area contributed by atoms with Crippen molar-refractivity contribution in [2.75, 3.05) is 19.0 Å². The van der Waals surface area contributed by atoms with E-state index in [1.165, 1.54) is 23.1 Å². The molecule has 0 amide bonds.